The SMILES string of the molecule is Cc1cc(Br)ccc1SCC(=O)OCC(=O)Nc1cc(F)ccc1F. The maximum Gasteiger partial charge on any atom is 0.316 e. The molecule has 25 heavy (non-hydrogen) atoms. The first-order chi connectivity index (χ1) is 11.8. The third kappa shape index (κ3) is 6.13. The van der Waals surface area contributed by atoms with E-state index in [1.807, 2.05) is 25.1 Å². The van der Waals surface area contributed by atoms with Crippen molar-refractivity contribution >= 4 is 45.3 Å². The summed E-state index contributed by atoms with van der Waals surface area (Å²) in [6, 6.07) is 8.34. The molecule has 0 atom stereocenters. The lowest BCUT2D eigenvalue weighted by Crippen LogP contribution is -2.22. The van der Waals surface area contributed by atoms with Gasteiger partial charge in [-0.3, -0.25) is 9.59 Å². The minimum Gasteiger partial charge on any atom is -0.455 e. The highest BCUT2D eigenvalue weighted by Crippen LogP contribution is 2.25. The number of hydrogen-bond donors (Lipinski definition) is 1. The number of aryl methyl sites for hydroxylation is 1. The van der Waals surface area contributed by atoms with Gasteiger partial charge in [-0.15, -0.1) is 11.8 Å². The standard InChI is InChI=1S/C17H14BrF2NO3S/c1-10-6-11(18)2-5-15(10)25-9-17(23)24-8-16(22)21-14-7-12(19)3-4-13(14)20/h2-7H,8-9H2,1H3,(H,21,22). The molecule has 1 N–H and O–H groups in total. The second-order valence-electron chi connectivity index (χ2n) is 5.03. The smallest absolute Gasteiger partial charge is 0.316 e. The molecule has 0 aromatic heterocycles. The van der Waals surface area contributed by atoms with Crippen LogP contribution >= 0.6 is 27.7 Å². The van der Waals surface area contributed by atoms with E-state index in [-0.39, 0.29) is 11.4 Å². The number of hydrogen-bond acceptors (Lipinski definition) is 4. The zero-order valence-electron chi connectivity index (χ0n) is 13.1. The molecular formula is C17H14BrF2NO3S. The molecule has 2 aromatic rings. The molecule has 0 unspecified atom stereocenters. The predicted molar refractivity (Wildman–Crippen MR) is 95.5 cm³/mol. The van der Waals surface area contributed by atoms with Gasteiger partial charge in [0, 0.05) is 15.4 Å². The van der Waals surface area contributed by atoms with E-state index in [0.29, 0.717) is 0 Å². The summed E-state index contributed by atoms with van der Waals surface area (Å²) < 4.78 is 32.2. The molecule has 2 rings (SSSR count). The summed E-state index contributed by atoms with van der Waals surface area (Å²) in [6.45, 7) is 1.34. The first-order valence-electron chi connectivity index (χ1n) is 7.14. The number of ether oxygens (including phenoxy) is 1. The number of thioether (sulfide) groups is 1. The first-order valence-corrected chi connectivity index (χ1v) is 8.92. The number of carbonyl (C=O) groups excluding carboxylic acids is 2. The van der Waals surface area contributed by atoms with E-state index in [0.717, 1.165) is 33.1 Å². The number of halogens is 3. The Balaban J connectivity index is 1.79. The van der Waals surface area contributed by atoms with Crippen LogP contribution in [0.1, 0.15) is 5.56 Å². The molecule has 0 radical (unpaired) electrons. The lowest BCUT2D eigenvalue weighted by atomic mass is 10.2. The van der Waals surface area contributed by atoms with Crippen LogP contribution in [0.3, 0.4) is 0 Å². The minimum absolute atomic E-state index is 0.0318. The highest BCUT2D eigenvalue weighted by atomic mass is 79.9. The van der Waals surface area contributed by atoms with Crippen LogP contribution in [0.25, 0.3) is 0 Å². The van der Waals surface area contributed by atoms with E-state index in [1.165, 1.54) is 11.8 Å². The van der Waals surface area contributed by atoms with Crippen LogP contribution in [-0.4, -0.2) is 24.2 Å². The molecule has 0 spiro atoms. The van der Waals surface area contributed by atoms with Gasteiger partial charge >= 0.3 is 5.97 Å². The predicted octanol–water partition coefficient (Wildman–Crippen LogP) is 4.31. The lowest BCUT2D eigenvalue weighted by molar-refractivity contribution is -0.144. The van der Waals surface area contributed by atoms with Crippen molar-refractivity contribution < 1.29 is 23.1 Å². The summed E-state index contributed by atoms with van der Waals surface area (Å²) in [5.41, 5.74) is 0.701. The Morgan fingerprint density at radius 2 is 1.96 bits per heavy atom. The summed E-state index contributed by atoms with van der Waals surface area (Å²) >= 11 is 4.65. The zero-order chi connectivity index (χ0) is 18.4. The van der Waals surface area contributed by atoms with Crippen LogP contribution in [-0.2, 0) is 14.3 Å². The Labute approximate surface area is 156 Å². The fraction of sp³-hybridized carbons (Fsp3) is 0.176. The van der Waals surface area contributed by atoms with Gasteiger partial charge in [-0.05, 0) is 42.8 Å². The largest absolute Gasteiger partial charge is 0.455 e. The van der Waals surface area contributed by atoms with Crippen molar-refractivity contribution in [3.63, 3.8) is 0 Å². The van der Waals surface area contributed by atoms with E-state index in [4.69, 9.17) is 4.74 Å². The number of carbonyl (C=O) groups is 2. The van der Waals surface area contributed by atoms with E-state index in [2.05, 4.69) is 21.2 Å². The van der Waals surface area contributed by atoms with Gasteiger partial charge < -0.3 is 10.1 Å². The molecule has 0 aliphatic rings. The molecule has 0 heterocycles. The van der Waals surface area contributed by atoms with E-state index in [1.54, 1.807) is 0 Å². The number of benzene rings is 2. The summed E-state index contributed by atoms with van der Waals surface area (Å²) in [6.07, 6.45) is 0. The third-order valence-electron chi connectivity index (χ3n) is 3.05. The quantitative estimate of drug-likeness (QED) is 0.548. The summed E-state index contributed by atoms with van der Waals surface area (Å²) in [4.78, 5) is 24.3. The van der Waals surface area contributed by atoms with Gasteiger partial charge in [0.2, 0.25) is 0 Å². The number of esters is 1. The second kappa shape index (κ2) is 8.96. The average molecular weight is 430 g/mol. The number of amides is 1. The summed E-state index contributed by atoms with van der Waals surface area (Å²) in [5, 5.41) is 2.15. The average Bonchev–Trinajstić information content (AvgIpc) is 2.55. The Morgan fingerprint density at radius 1 is 1.20 bits per heavy atom. The third-order valence-corrected chi connectivity index (χ3v) is 4.69. The second-order valence-corrected chi connectivity index (χ2v) is 6.96. The number of nitrogens with one attached hydrogen (secondary N) is 1. The van der Waals surface area contributed by atoms with Gasteiger partial charge in [0.15, 0.2) is 6.61 Å². The highest BCUT2D eigenvalue weighted by Gasteiger charge is 2.12. The van der Waals surface area contributed by atoms with Crippen molar-refractivity contribution in [3.05, 3.63) is 58.1 Å². The molecule has 132 valence electrons. The summed E-state index contributed by atoms with van der Waals surface area (Å²) in [7, 11) is 0. The van der Waals surface area contributed by atoms with Gasteiger partial charge in [0.25, 0.3) is 5.91 Å². The fourth-order valence-corrected chi connectivity index (χ4v) is 3.16. The Morgan fingerprint density at radius 3 is 2.68 bits per heavy atom. The molecular weight excluding hydrogens is 416 g/mol. The van der Waals surface area contributed by atoms with Gasteiger partial charge in [0.1, 0.15) is 11.6 Å². The molecule has 4 nitrogen and oxygen atoms in total. The van der Waals surface area contributed by atoms with Gasteiger partial charge in [0.05, 0.1) is 11.4 Å². The monoisotopic (exact) mass is 429 g/mol. The molecule has 0 aliphatic heterocycles. The van der Waals surface area contributed by atoms with Crippen molar-refractivity contribution in [2.24, 2.45) is 0 Å². The van der Waals surface area contributed by atoms with Crippen molar-refractivity contribution in [1.82, 2.24) is 0 Å². The van der Waals surface area contributed by atoms with Gasteiger partial charge in [-0.1, -0.05) is 15.9 Å². The number of anilines is 1. The maximum atomic E-state index is 13.4. The number of rotatable bonds is 6. The van der Waals surface area contributed by atoms with Crippen LogP contribution in [0.15, 0.2) is 45.8 Å². The van der Waals surface area contributed by atoms with Gasteiger partial charge in [-0.25, -0.2) is 8.78 Å². The van der Waals surface area contributed by atoms with Crippen molar-refractivity contribution in [1.29, 1.82) is 0 Å². The Hall–Kier alpha value is -1.93. The van der Waals surface area contributed by atoms with E-state index in [9.17, 15) is 18.4 Å². The van der Waals surface area contributed by atoms with Crippen LogP contribution in [0.4, 0.5) is 14.5 Å². The topological polar surface area (TPSA) is 55.4 Å². The van der Waals surface area contributed by atoms with Crippen molar-refractivity contribution in [2.45, 2.75) is 11.8 Å². The van der Waals surface area contributed by atoms with E-state index >= 15 is 0 Å². The van der Waals surface area contributed by atoms with Crippen molar-refractivity contribution in [3.8, 4) is 0 Å². The maximum absolute atomic E-state index is 13.4. The Kier molecular flexibility index (Phi) is 6.95. The molecule has 0 saturated heterocycles. The molecule has 0 aliphatic carbocycles. The minimum atomic E-state index is -0.776. The van der Waals surface area contributed by atoms with Crippen LogP contribution in [0.5, 0.6) is 0 Å². The van der Waals surface area contributed by atoms with E-state index < -0.39 is 30.1 Å². The van der Waals surface area contributed by atoms with Gasteiger partial charge in [-0.2, -0.15) is 0 Å². The van der Waals surface area contributed by atoms with Crippen LogP contribution in [0, 0.1) is 18.6 Å². The molecule has 0 fully saturated rings. The Bertz CT molecular complexity index is 801. The first kappa shape index (κ1) is 19.4. The molecule has 1 amide bonds. The fourth-order valence-electron chi connectivity index (χ4n) is 1.88. The summed E-state index contributed by atoms with van der Waals surface area (Å²) in [5.74, 6) is -2.76. The molecule has 0 bridgehead atoms. The normalized spacial score (nSPS) is 10.4. The van der Waals surface area contributed by atoms with Crippen LogP contribution in [0.2, 0.25) is 0 Å². The molecule has 8 heteroatoms. The van der Waals surface area contributed by atoms with Crippen LogP contribution < -0.4 is 5.32 Å². The zero-order valence-corrected chi connectivity index (χ0v) is 15.5. The lowest BCUT2D eigenvalue weighted by Gasteiger charge is -2.08. The molecule has 2 aromatic carbocycles. The highest BCUT2D eigenvalue weighted by molar-refractivity contribution is 9.10. The van der Waals surface area contributed by atoms with Crippen molar-refractivity contribution in [2.75, 3.05) is 17.7 Å². The molecule has 0 saturated carbocycles.